The summed E-state index contributed by atoms with van der Waals surface area (Å²) in [5.74, 6) is 1.66. The lowest BCUT2D eigenvalue weighted by Crippen LogP contribution is -2.29. The third-order valence-electron chi connectivity index (χ3n) is 2.49. The lowest BCUT2D eigenvalue weighted by Gasteiger charge is -2.19. The van der Waals surface area contributed by atoms with Crippen molar-refractivity contribution in [3.8, 4) is 5.75 Å². The van der Waals surface area contributed by atoms with Crippen molar-refractivity contribution >= 4 is 8.32 Å². The summed E-state index contributed by atoms with van der Waals surface area (Å²) in [6, 6.07) is 8.56. The highest BCUT2D eigenvalue weighted by molar-refractivity contribution is 6.70. The molecule has 1 atom stereocenters. The smallest absolute Gasteiger partial charge is 0.242 e. The molecular weight excluding hydrogens is 200 g/mol. The molecule has 0 aliphatic rings. The SMILES string of the molecule is CCC(C)c1ccc(O[Si](C)(C)C)cc1. The van der Waals surface area contributed by atoms with E-state index in [1.807, 2.05) is 0 Å². The van der Waals surface area contributed by atoms with E-state index in [2.05, 4.69) is 57.8 Å². The van der Waals surface area contributed by atoms with Crippen molar-refractivity contribution in [3.05, 3.63) is 29.8 Å². The molecule has 1 aromatic carbocycles. The van der Waals surface area contributed by atoms with Gasteiger partial charge < -0.3 is 4.43 Å². The van der Waals surface area contributed by atoms with E-state index in [9.17, 15) is 0 Å². The zero-order valence-corrected chi connectivity index (χ0v) is 11.5. The summed E-state index contributed by atoms with van der Waals surface area (Å²) in [4.78, 5) is 0. The van der Waals surface area contributed by atoms with E-state index in [4.69, 9.17) is 4.43 Å². The van der Waals surface area contributed by atoms with Crippen LogP contribution in [0.1, 0.15) is 31.7 Å². The van der Waals surface area contributed by atoms with Crippen LogP contribution in [0, 0.1) is 0 Å². The Kier molecular flexibility index (Phi) is 3.97. The molecular formula is C13H22OSi. The molecule has 15 heavy (non-hydrogen) atoms. The normalized spacial score (nSPS) is 13.7. The van der Waals surface area contributed by atoms with Gasteiger partial charge in [0.25, 0.3) is 0 Å². The van der Waals surface area contributed by atoms with Crippen LogP contribution >= 0.6 is 0 Å². The Hall–Kier alpha value is -0.763. The number of hydrogen-bond acceptors (Lipinski definition) is 1. The maximum atomic E-state index is 5.91. The first-order valence-electron chi connectivity index (χ1n) is 5.71. The highest BCUT2D eigenvalue weighted by atomic mass is 28.4. The summed E-state index contributed by atoms with van der Waals surface area (Å²) in [6.07, 6.45) is 1.19. The monoisotopic (exact) mass is 222 g/mol. The van der Waals surface area contributed by atoms with Crippen molar-refractivity contribution in [2.75, 3.05) is 0 Å². The van der Waals surface area contributed by atoms with Gasteiger partial charge in [-0.05, 0) is 49.7 Å². The second kappa shape index (κ2) is 4.84. The van der Waals surface area contributed by atoms with Crippen molar-refractivity contribution in [2.45, 2.75) is 45.8 Å². The molecule has 1 rings (SSSR count). The van der Waals surface area contributed by atoms with Crippen LogP contribution < -0.4 is 4.43 Å². The minimum atomic E-state index is -1.45. The predicted molar refractivity (Wildman–Crippen MR) is 69.1 cm³/mol. The Morgan fingerprint density at radius 3 is 2.07 bits per heavy atom. The zero-order chi connectivity index (χ0) is 11.5. The summed E-state index contributed by atoms with van der Waals surface area (Å²) < 4.78 is 5.91. The van der Waals surface area contributed by atoms with Gasteiger partial charge in [0.15, 0.2) is 0 Å². The van der Waals surface area contributed by atoms with Gasteiger partial charge in [-0.2, -0.15) is 0 Å². The van der Waals surface area contributed by atoms with Gasteiger partial charge in [0.05, 0.1) is 0 Å². The topological polar surface area (TPSA) is 9.23 Å². The van der Waals surface area contributed by atoms with E-state index in [1.54, 1.807) is 0 Å². The molecule has 2 heteroatoms. The lowest BCUT2D eigenvalue weighted by molar-refractivity contribution is 0.557. The maximum absolute atomic E-state index is 5.91. The molecule has 0 aliphatic carbocycles. The summed E-state index contributed by atoms with van der Waals surface area (Å²) in [6.45, 7) is 11.1. The Morgan fingerprint density at radius 2 is 1.67 bits per heavy atom. The summed E-state index contributed by atoms with van der Waals surface area (Å²) in [5.41, 5.74) is 1.40. The standard InChI is InChI=1S/C13H22OSi/c1-6-11(2)12-7-9-13(10-8-12)14-15(3,4)5/h7-11H,6H2,1-5H3. The van der Waals surface area contributed by atoms with E-state index in [-0.39, 0.29) is 0 Å². The molecule has 0 saturated carbocycles. The predicted octanol–water partition coefficient (Wildman–Crippen LogP) is 4.41. The second-order valence-electron chi connectivity index (χ2n) is 5.09. The van der Waals surface area contributed by atoms with Gasteiger partial charge in [0.1, 0.15) is 5.75 Å². The second-order valence-corrected chi connectivity index (χ2v) is 9.52. The van der Waals surface area contributed by atoms with Gasteiger partial charge >= 0.3 is 0 Å². The quantitative estimate of drug-likeness (QED) is 0.685. The summed E-state index contributed by atoms with van der Waals surface area (Å²) in [7, 11) is -1.45. The molecule has 1 nitrogen and oxygen atoms in total. The van der Waals surface area contributed by atoms with Crippen molar-refractivity contribution in [1.29, 1.82) is 0 Å². The van der Waals surface area contributed by atoms with Crippen LogP contribution in [-0.4, -0.2) is 8.32 Å². The Balaban J connectivity index is 2.72. The Labute approximate surface area is 94.6 Å². The fourth-order valence-corrected chi connectivity index (χ4v) is 2.30. The fourth-order valence-electron chi connectivity index (χ4n) is 1.45. The van der Waals surface area contributed by atoms with E-state index in [1.165, 1.54) is 12.0 Å². The zero-order valence-electron chi connectivity index (χ0n) is 10.5. The average molecular weight is 222 g/mol. The molecule has 0 amide bonds. The Bertz CT molecular complexity index is 297. The van der Waals surface area contributed by atoms with Crippen molar-refractivity contribution < 1.29 is 4.43 Å². The molecule has 84 valence electrons. The van der Waals surface area contributed by atoms with Gasteiger partial charge in [-0.25, -0.2) is 0 Å². The van der Waals surface area contributed by atoms with Crippen LogP contribution in [0.5, 0.6) is 5.75 Å². The largest absolute Gasteiger partial charge is 0.544 e. The summed E-state index contributed by atoms with van der Waals surface area (Å²) in [5, 5.41) is 0. The van der Waals surface area contributed by atoms with Crippen LogP contribution in [0.3, 0.4) is 0 Å². The first-order valence-corrected chi connectivity index (χ1v) is 9.12. The lowest BCUT2D eigenvalue weighted by atomic mass is 9.99. The van der Waals surface area contributed by atoms with E-state index >= 15 is 0 Å². The molecule has 0 N–H and O–H groups in total. The minimum absolute atomic E-state index is 0.644. The first kappa shape index (κ1) is 12.3. The highest BCUT2D eigenvalue weighted by Gasteiger charge is 2.16. The van der Waals surface area contributed by atoms with Crippen molar-refractivity contribution in [1.82, 2.24) is 0 Å². The number of hydrogen-bond donors (Lipinski definition) is 0. The van der Waals surface area contributed by atoms with Gasteiger partial charge in [0, 0.05) is 0 Å². The van der Waals surface area contributed by atoms with Crippen LogP contribution in [0.25, 0.3) is 0 Å². The molecule has 0 radical (unpaired) electrons. The molecule has 1 unspecified atom stereocenters. The molecule has 0 saturated heterocycles. The average Bonchev–Trinajstić information content (AvgIpc) is 2.15. The van der Waals surface area contributed by atoms with Gasteiger partial charge in [0.2, 0.25) is 8.32 Å². The number of rotatable bonds is 4. The molecule has 0 spiro atoms. The molecule has 0 heterocycles. The van der Waals surface area contributed by atoms with Gasteiger partial charge in [-0.15, -0.1) is 0 Å². The van der Waals surface area contributed by atoms with Crippen molar-refractivity contribution in [2.24, 2.45) is 0 Å². The maximum Gasteiger partial charge on any atom is 0.242 e. The van der Waals surface area contributed by atoms with Crippen LogP contribution in [-0.2, 0) is 0 Å². The van der Waals surface area contributed by atoms with Crippen LogP contribution in [0.2, 0.25) is 19.6 Å². The van der Waals surface area contributed by atoms with E-state index < -0.39 is 8.32 Å². The van der Waals surface area contributed by atoms with Gasteiger partial charge in [-0.1, -0.05) is 26.0 Å². The molecule has 0 aliphatic heterocycles. The van der Waals surface area contributed by atoms with Gasteiger partial charge in [-0.3, -0.25) is 0 Å². The molecule has 1 aromatic rings. The Morgan fingerprint density at radius 1 is 1.13 bits per heavy atom. The van der Waals surface area contributed by atoms with Crippen LogP contribution in [0.15, 0.2) is 24.3 Å². The fraction of sp³-hybridized carbons (Fsp3) is 0.538. The number of benzene rings is 1. The third kappa shape index (κ3) is 4.08. The molecule has 0 aromatic heterocycles. The minimum Gasteiger partial charge on any atom is -0.544 e. The first-order chi connectivity index (χ1) is 6.92. The highest BCUT2D eigenvalue weighted by Crippen LogP contribution is 2.22. The summed E-state index contributed by atoms with van der Waals surface area (Å²) >= 11 is 0. The van der Waals surface area contributed by atoms with Crippen LogP contribution in [0.4, 0.5) is 0 Å². The third-order valence-corrected chi connectivity index (χ3v) is 3.33. The van der Waals surface area contributed by atoms with E-state index in [0.29, 0.717) is 5.92 Å². The molecule has 0 fully saturated rings. The van der Waals surface area contributed by atoms with E-state index in [0.717, 1.165) is 5.75 Å². The van der Waals surface area contributed by atoms with Crippen molar-refractivity contribution in [3.63, 3.8) is 0 Å². The molecule has 0 bridgehead atoms.